The summed E-state index contributed by atoms with van der Waals surface area (Å²) in [5, 5.41) is 10.9. The third-order valence-corrected chi connectivity index (χ3v) is 7.98. The Labute approximate surface area is 254 Å². The van der Waals surface area contributed by atoms with Gasteiger partial charge in [0.05, 0.1) is 23.3 Å². The minimum absolute atomic E-state index is 0.217. The molecule has 1 N–H and O–H groups in total. The van der Waals surface area contributed by atoms with Gasteiger partial charge in [0.1, 0.15) is 6.04 Å². The van der Waals surface area contributed by atoms with Crippen LogP contribution in [0.3, 0.4) is 0 Å². The van der Waals surface area contributed by atoms with Crippen LogP contribution in [0.4, 0.5) is 0 Å². The molecule has 2 aliphatic rings. The first-order valence-electron chi connectivity index (χ1n) is 14.4. The second-order valence-corrected chi connectivity index (χ2v) is 10.8. The summed E-state index contributed by atoms with van der Waals surface area (Å²) in [5.41, 5.74) is 2.69. The third kappa shape index (κ3) is 5.20. The molecule has 3 amide bonds. The van der Waals surface area contributed by atoms with Gasteiger partial charge < -0.3 is 14.7 Å². The van der Waals surface area contributed by atoms with Crippen LogP contribution in [0.5, 0.6) is 0 Å². The van der Waals surface area contributed by atoms with E-state index in [2.05, 4.69) is 0 Å². The highest BCUT2D eigenvalue weighted by atomic mass is 16.5. The summed E-state index contributed by atoms with van der Waals surface area (Å²) < 4.78 is 6.05. The number of hydrogen-bond donors (Lipinski definition) is 1. The molecule has 0 aliphatic carbocycles. The van der Waals surface area contributed by atoms with Gasteiger partial charge in [0, 0.05) is 0 Å². The molecule has 44 heavy (non-hydrogen) atoms. The molecule has 0 saturated carbocycles. The lowest BCUT2D eigenvalue weighted by atomic mass is 9.88. The Morgan fingerprint density at radius 1 is 0.750 bits per heavy atom. The number of benzene rings is 4. The summed E-state index contributed by atoms with van der Waals surface area (Å²) in [6.07, 6.45) is 1.32. The zero-order valence-corrected chi connectivity index (χ0v) is 23.9. The van der Waals surface area contributed by atoms with Crippen molar-refractivity contribution in [1.29, 1.82) is 0 Å². The van der Waals surface area contributed by atoms with Crippen molar-refractivity contribution in [3.05, 3.63) is 149 Å². The van der Waals surface area contributed by atoms with Gasteiger partial charge in [0.25, 0.3) is 11.8 Å². The summed E-state index contributed by atoms with van der Waals surface area (Å²) in [7, 11) is 0. The van der Waals surface area contributed by atoms with Crippen molar-refractivity contribution in [3.63, 3.8) is 0 Å². The van der Waals surface area contributed by atoms with Crippen LogP contribution in [0.15, 0.2) is 121 Å². The van der Waals surface area contributed by atoms with Crippen molar-refractivity contribution in [2.75, 3.05) is 0 Å². The number of carbonyl (C=O) groups excluding carboxylic acids is 4. The van der Waals surface area contributed by atoms with Gasteiger partial charge in [-0.25, -0.2) is 4.79 Å². The van der Waals surface area contributed by atoms with E-state index < -0.39 is 54.0 Å². The van der Waals surface area contributed by atoms with E-state index in [9.17, 15) is 24.3 Å². The van der Waals surface area contributed by atoms with Crippen molar-refractivity contribution in [2.45, 2.75) is 37.3 Å². The van der Waals surface area contributed by atoms with Crippen molar-refractivity contribution in [2.24, 2.45) is 0 Å². The maximum absolute atomic E-state index is 13.9. The number of imide groups is 1. The zero-order valence-electron chi connectivity index (χ0n) is 23.9. The first-order valence-corrected chi connectivity index (χ1v) is 14.4. The summed E-state index contributed by atoms with van der Waals surface area (Å²) in [6, 6.07) is 30.6. The lowest BCUT2D eigenvalue weighted by Gasteiger charge is -2.51. The maximum atomic E-state index is 13.9. The quantitative estimate of drug-likeness (QED) is 0.174. The summed E-state index contributed by atoms with van der Waals surface area (Å²) in [6.45, 7) is 1.41. The number of hydrogen-bond acceptors (Lipinski definition) is 6. The summed E-state index contributed by atoms with van der Waals surface area (Å²) in [4.78, 5) is 56.8. The van der Waals surface area contributed by atoms with Crippen LogP contribution in [0.1, 0.15) is 50.4 Å². The number of rotatable bonds is 9. The number of β-lactam (4-membered cyclic amide) rings is 1. The molecule has 6 rings (SSSR count). The Bertz CT molecular complexity index is 1650. The highest BCUT2D eigenvalue weighted by Gasteiger charge is 2.59. The summed E-state index contributed by atoms with van der Waals surface area (Å²) in [5.74, 6) is -2.61. The number of aliphatic hydroxyl groups is 1. The molecule has 1 saturated heterocycles. The molecule has 4 aromatic rings. The standard InChI is InChI=1S/C36H30N2O6/c1-23(39)30(36(43)44-32(25-15-7-3-8-16-25)26-17-9-4-10-18-26)37-29(22-21-24-13-5-2-6-14-24)31(35(37)42)38-33(40)27-19-11-12-20-28(27)34(38)41/h2-23,29-32,39H,1H3/b22-21+. The van der Waals surface area contributed by atoms with Crippen LogP contribution < -0.4 is 0 Å². The number of amides is 3. The van der Waals surface area contributed by atoms with E-state index in [4.69, 9.17) is 4.74 Å². The van der Waals surface area contributed by atoms with E-state index in [0.717, 1.165) is 21.6 Å². The Hall–Kier alpha value is -5.34. The lowest BCUT2D eigenvalue weighted by molar-refractivity contribution is -0.176. The zero-order chi connectivity index (χ0) is 30.8. The molecular weight excluding hydrogens is 556 g/mol. The molecule has 0 radical (unpaired) electrons. The predicted molar refractivity (Wildman–Crippen MR) is 163 cm³/mol. The highest BCUT2D eigenvalue weighted by molar-refractivity contribution is 6.23. The number of esters is 1. The van der Waals surface area contributed by atoms with Gasteiger partial charge in [0.15, 0.2) is 12.1 Å². The largest absolute Gasteiger partial charge is 0.451 e. The lowest BCUT2D eigenvalue weighted by Crippen LogP contribution is -2.75. The molecular formula is C36H30N2O6. The highest BCUT2D eigenvalue weighted by Crippen LogP contribution is 2.37. The average molecular weight is 587 g/mol. The fourth-order valence-electron chi connectivity index (χ4n) is 5.85. The first kappa shape index (κ1) is 28.8. The molecule has 4 unspecified atom stereocenters. The maximum Gasteiger partial charge on any atom is 0.332 e. The Balaban J connectivity index is 1.35. The van der Waals surface area contributed by atoms with Crippen LogP contribution in [0, 0.1) is 0 Å². The van der Waals surface area contributed by atoms with E-state index in [0.29, 0.717) is 0 Å². The topological polar surface area (TPSA) is 104 Å². The van der Waals surface area contributed by atoms with E-state index in [1.807, 2.05) is 91.0 Å². The Morgan fingerprint density at radius 2 is 1.23 bits per heavy atom. The third-order valence-electron chi connectivity index (χ3n) is 7.98. The van der Waals surface area contributed by atoms with Crippen LogP contribution in [-0.2, 0) is 14.3 Å². The molecule has 2 heterocycles. The Kier molecular flexibility index (Phi) is 7.91. The van der Waals surface area contributed by atoms with E-state index in [1.165, 1.54) is 11.8 Å². The van der Waals surface area contributed by atoms with Crippen molar-refractivity contribution < 1.29 is 29.0 Å². The van der Waals surface area contributed by atoms with Gasteiger partial charge in [-0.2, -0.15) is 0 Å². The monoisotopic (exact) mass is 586 g/mol. The normalized spacial score (nSPS) is 19.2. The number of likely N-dealkylation sites (tertiary alicyclic amines) is 1. The minimum Gasteiger partial charge on any atom is -0.451 e. The molecule has 1 fully saturated rings. The van der Waals surface area contributed by atoms with Gasteiger partial charge in [-0.05, 0) is 35.7 Å². The van der Waals surface area contributed by atoms with Crippen LogP contribution in [-0.4, -0.2) is 62.8 Å². The molecule has 4 aromatic carbocycles. The second-order valence-electron chi connectivity index (χ2n) is 10.8. The predicted octanol–water partition coefficient (Wildman–Crippen LogP) is 4.66. The number of aliphatic hydroxyl groups excluding tert-OH is 1. The molecule has 8 nitrogen and oxygen atoms in total. The van der Waals surface area contributed by atoms with Crippen molar-refractivity contribution in [3.8, 4) is 0 Å². The number of nitrogens with zero attached hydrogens (tertiary/aromatic N) is 2. The van der Waals surface area contributed by atoms with Crippen molar-refractivity contribution >= 4 is 29.8 Å². The minimum atomic E-state index is -1.41. The number of carbonyl (C=O) groups is 4. The van der Waals surface area contributed by atoms with Gasteiger partial charge in [-0.15, -0.1) is 0 Å². The van der Waals surface area contributed by atoms with E-state index in [1.54, 1.807) is 36.4 Å². The van der Waals surface area contributed by atoms with Gasteiger partial charge in [-0.1, -0.05) is 115 Å². The molecule has 2 aliphatic heterocycles. The smallest absolute Gasteiger partial charge is 0.332 e. The van der Waals surface area contributed by atoms with Crippen LogP contribution >= 0.6 is 0 Å². The molecule has 0 spiro atoms. The van der Waals surface area contributed by atoms with Gasteiger partial charge in [-0.3, -0.25) is 19.3 Å². The molecule has 220 valence electrons. The SMILES string of the molecule is CC(O)C(C(=O)OC(c1ccccc1)c1ccccc1)N1C(=O)C(N2C(=O)c3ccccc3C2=O)C1/C=C/c1ccccc1. The van der Waals surface area contributed by atoms with Crippen molar-refractivity contribution in [1.82, 2.24) is 9.80 Å². The molecule has 8 heteroatoms. The molecule has 0 aromatic heterocycles. The molecule has 4 atom stereocenters. The van der Waals surface area contributed by atoms with Crippen LogP contribution in [0.2, 0.25) is 0 Å². The fourth-order valence-corrected chi connectivity index (χ4v) is 5.85. The first-order chi connectivity index (χ1) is 21.4. The second kappa shape index (κ2) is 12.1. The number of fused-ring (bicyclic) bond motifs is 1. The summed E-state index contributed by atoms with van der Waals surface area (Å²) >= 11 is 0. The molecule has 0 bridgehead atoms. The average Bonchev–Trinajstić information content (AvgIpc) is 3.30. The van der Waals surface area contributed by atoms with Gasteiger partial charge >= 0.3 is 5.97 Å². The van der Waals surface area contributed by atoms with Gasteiger partial charge in [0.2, 0.25) is 5.91 Å². The fraction of sp³-hybridized carbons (Fsp3) is 0.167. The Morgan fingerprint density at radius 3 is 1.73 bits per heavy atom. The number of ether oxygens (including phenoxy) is 1. The van der Waals surface area contributed by atoms with E-state index in [-0.39, 0.29) is 11.1 Å². The van der Waals surface area contributed by atoms with Crippen LogP contribution in [0.25, 0.3) is 6.08 Å². The van der Waals surface area contributed by atoms with E-state index >= 15 is 0 Å².